The van der Waals surface area contributed by atoms with Gasteiger partial charge in [-0.05, 0) is 0 Å². The second-order valence-corrected chi connectivity index (χ2v) is 5.67. The van der Waals surface area contributed by atoms with Crippen molar-refractivity contribution in [1.29, 1.82) is 0 Å². The van der Waals surface area contributed by atoms with Crippen molar-refractivity contribution in [2.24, 2.45) is 0 Å². The number of thiazole rings is 1. The van der Waals surface area contributed by atoms with Crippen LogP contribution < -0.4 is 15.3 Å². The van der Waals surface area contributed by atoms with E-state index in [1.54, 1.807) is 0 Å². The fourth-order valence-electron chi connectivity index (χ4n) is 2.37. The van der Waals surface area contributed by atoms with E-state index in [1.165, 1.54) is 7.11 Å². The molecule has 3 heterocycles. The lowest BCUT2D eigenvalue weighted by Crippen LogP contribution is -2.34. The Balaban J connectivity index is 2.18. The van der Waals surface area contributed by atoms with Gasteiger partial charge in [-0.15, -0.1) is 0 Å². The number of aromatic nitrogens is 3. The van der Waals surface area contributed by atoms with Gasteiger partial charge in [0.25, 0.3) is 0 Å². The Morgan fingerprint density at radius 1 is 1.41 bits per heavy atom. The molecule has 0 aromatic carbocycles. The van der Waals surface area contributed by atoms with E-state index in [4.69, 9.17) is 20.3 Å². The van der Waals surface area contributed by atoms with Gasteiger partial charge in [-0.3, -0.25) is 9.36 Å². The lowest BCUT2D eigenvalue weighted by molar-refractivity contribution is -0.0518. The Bertz CT molecular complexity index is 761. The molecule has 2 aromatic heterocycles. The SMILES string of the molecule is COc1nc(N)nc2c1sc(=O)n2[C@@H]1O[C@H](CO)[C@@H](O)[C@H]1O. The predicted molar refractivity (Wildman–Crippen MR) is 75.6 cm³/mol. The predicted octanol–water partition coefficient (Wildman–Crippen LogP) is -1.94. The molecule has 0 radical (unpaired) electrons. The smallest absolute Gasteiger partial charge is 0.311 e. The summed E-state index contributed by atoms with van der Waals surface area (Å²) < 4.78 is 11.8. The molecule has 22 heavy (non-hydrogen) atoms. The molecule has 0 unspecified atom stereocenters. The van der Waals surface area contributed by atoms with Gasteiger partial charge >= 0.3 is 4.87 Å². The highest BCUT2D eigenvalue weighted by atomic mass is 32.1. The van der Waals surface area contributed by atoms with Crippen molar-refractivity contribution >= 4 is 27.6 Å². The molecule has 0 saturated carbocycles. The molecule has 3 rings (SSSR count). The average Bonchev–Trinajstić information content (AvgIpc) is 2.96. The number of nitrogens with zero attached hydrogens (tertiary/aromatic N) is 3. The Morgan fingerprint density at radius 2 is 2.14 bits per heavy atom. The van der Waals surface area contributed by atoms with E-state index < -0.39 is 36.0 Å². The number of ether oxygens (including phenoxy) is 2. The molecule has 1 aliphatic heterocycles. The van der Waals surface area contributed by atoms with E-state index in [0.717, 1.165) is 15.9 Å². The molecule has 5 N–H and O–H groups in total. The number of rotatable bonds is 3. The molecule has 0 aliphatic carbocycles. The second kappa shape index (κ2) is 5.44. The van der Waals surface area contributed by atoms with Crippen molar-refractivity contribution < 1.29 is 24.8 Å². The minimum atomic E-state index is -1.39. The van der Waals surface area contributed by atoms with Crippen molar-refractivity contribution in [3.8, 4) is 5.88 Å². The third-order valence-corrected chi connectivity index (χ3v) is 4.35. The molecule has 2 aromatic rings. The fourth-order valence-corrected chi connectivity index (χ4v) is 3.28. The standard InChI is InChI=1S/C11H14N4O6S/c1-20-8-6-7(13-10(12)14-8)15(11(19)22-6)9-5(18)4(17)3(2-16)21-9/h3-5,9,16-18H,2H2,1H3,(H2,12,13,14)/t3-,4-,5-,9-/m1/s1. The van der Waals surface area contributed by atoms with Gasteiger partial charge in [0.1, 0.15) is 23.0 Å². The summed E-state index contributed by atoms with van der Waals surface area (Å²) in [7, 11) is 1.38. The average molecular weight is 330 g/mol. The molecule has 4 atom stereocenters. The number of hydrogen-bond acceptors (Lipinski definition) is 10. The Labute approximate surface area is 127 Å². The summed E-state index contributed by atoms with van der Waals surface area (Å²) >= 11 is 0.804. The summed E-state index contributed by atoms with van der Waals surface area (Å²) in [6, 6.07) is 0. The number of anilines is 1. The first-order chi connectivity index (χ1) is 10.5. The molecule has 0 spiro atoms. The Kier molecular flexibility index (Phi) is 3.74. The summed E-state index contributed by atoms with van der Waals surface area (Å²) in [6.45, 7) is -0.494. The van der Waals surface area contributed by atoms with Crippen molar-refractivity contribution in [3.05, 3.63) is 9.67 Å². The van der Waals surface area contributed by atoms with Crippen LogP contribution in [0, 0.1) is 0 Å². The van der Waals surface area contributed by atoms with E-state index in [2.05, 4.69) is 9.97 Å². The quantitative estimate of drug-likeness (QED) is 0.503. The van der Waals surface area contributed by atoms with E-state index in [1.807, 2.05) is 0 Å². The highest BCUT2D eigenvalue weighted by Crippen LogP contribution is 2.33. The summed E-state index contributed by atoms with van der Waals surface area (Å²) in [6.07, 6.45) is -4.90. The molecule has 120 valence electrons. The number of hydrogen-bond donors (Lipinski definition) is 4. The molecular weight excluding hydrogens is 316 g/mol. The van der Waals surface area contributed by atoms with Gasteiger partial charge in [0.15, 0.2) is 11.9 Å². The number of fused-ring (bicyclic) bond motifs is 1. The van der Waals surface area contributed by atoms with Crippen LogP contribution in [0.25, 0.3) is 10.3 Å². The van der Waals surface area contributed by atoms with Crippen molar-refractivity contribution in [3.63, 3.8) is 0 Å². The van der Waals surface area contributed by atoms with Crippen LogP contribution in [0.15, 0.2) is 4.79 Å². The van der Waals surface area contributed by atoms with Crippen LogP contribution in [-0.2, 0) is 4.74 Å². The molecule has 1 saturated heterocycles. The summed E-state index contributed by atoms with van der Waals surface area (Å²) in [4.78, 5) is 19.6. The fraction of sp³-hybridized carbons (Fsp3) is 0.545. The maximum absolute atomic E-state index is 12.2. The van der Waals surface area contributed by atoms with Gasteiger partial charge in [0, 0.05) is 0 Å². The summed E-state index contributed by atoms with van der Waals surface area (Å²) in [5.74, 6) is 0.0257. The minimum absolute atomic E-state index is 0.109. The van der Waals surface area contributed by atoms with Crippen LogP contribution in [0.2, 0.25) is 0 Å². The molecular formula is C11H14N4O6S. The van der Waals surface area contributed by atoms with Crippen LogP contribution in [0.1, 0.15) is 6.23 Å². The van der Waals surface area contributed by atoms with Crippen molar-refractivity contribution in [2.45, 2.75) is 24.5 Å². The zero-order valence-electron chi connectivity index (χ0n) is 11.4. The van der Waals surface area contributed by atoms with Gasteiger partial charge in [-0.2, -0.15) is 9.97 Å². The Morgan fingerprint density at radius 3 is 2.73 bits per heavy atom. The maximum atomic E-state index is 12.2. The zero-order chi connectivity index (χ0) is 16.0. The van der Waals surface area contributed by atoms with E-state index in [-0.39, 0.29) is 17.5 Å². The number of methoxy groups -OCH3 is 1. The number of nitrogen functional groups attached to an aromatic ring is 1. The van der Waals surface area contributed by atoms with Crippen LogP contribution in [0.3, 0.4) is 0 Å². The van der Waals surface area contributed by atoms with E-state index >= 15 is 0 Å². The first-order valence-corrected chi connectivity index (χ1v) is 7.14. The second-order valence-electron chi connectivity index (χ2n) is 4.71. The largest absolute Gasteiger partial charge is 0.480 e. The van der Waals surface area contributed by atoms with Gasteiger partial charge in [-0.25, -0.2) is 0 Å². The first-order valence-electron chi connectivity index (χ1n) is 6.33. The lowest BCUT2D eigenvalue weighted by atomic mass is 10.1. The topological polar surface area (TPSA) is 153 Å². The van der Waals surface area contributed by atoms with Crippen LogP contribution in [0.5, 0.6) is 5.88 Å². The summed E-state index contributed by atoms with van der Waals surface area (Å²) in [5, 5.41) is 29.0. The third kappa shape index (κ3) is 2.14. The number of nitrogens with two attached hydrogens (primary N) is 1. The Hall–Kier alpha value is -1.79. The molecule has 10 nitrogen and oxygen atoms in total. The van der Waals surface area contributed by atoms with Gasteiger partial charge in [0.05, 0.1) is 13.7 Å². The summed E-state index contributed by atoms with van der Waals surface area (Å²) in [5.41, 5.74) is 5.72. The van der Waals surface area contributed by atoms with Crippen LogP contribution >= 0.6 is 11.3 Å². The molecule has 1 fully saturated rings. The molecule has 11 heteroatoms. The van der Waals surface area contributed by atoms with E-state index in [9.17, 15) is 15.0 Å². The third-order valence-electron chi connectivity index (χ3n) is 3.41. The number of aliphatic hydroxyl groups excluding tert-OH is 3. The highest BCUT2D eigenvalue weighted by molar-refractivity contribution is 7.16. The molecule has 0 bridgehead atoms. The lowest BCUT2D eigenvalue weighted by Gasteiger charge is -2.16. The zero-order valence-corrected chi connectivity index (χ0v) is 12.2. The highest BCUT2D eigenvalue weighted by Gasteiger charge is 2.44. The number of aliphatic hydroxyl groups is 3. The van der Waals surface area contributed by atoms with Crippen molar-refractivity contribution in [1.82, 2.24) is 14.5 Å². The maximum Gasteiger partial charge on any atom is 0.311 e. The molecule has 1 aliphatic rings. The molecule has 0 amide bonds. The normalized spacial score (nSPS) is 28.4. The van der Waals surface area contributed by atoms with Gasteiger partial charge < -0.3 is 30.5 Å². The van der Waals surface area contributed by atoms with Crippen molar-refractivity contribution in [2.75, 3.05) is 19.5 Å². The van der Waals surface area contributed by atoms with Gasteiger partial charge in [-0.1, -0.05) is 11.3 Å². The first kappa shape index (κ1) is 15.1. The van der Waals surface area contributed by atoms with Crippen LogP contribution in [-0.4, -0.2) is 61.9 Å². The monoisotopic (exact) mass is 330 g/mol. The minimum Gasteiger partial charge on any atom is -0.480 e. The van der Waals surface area contributed by atoms with Gasteiger partial charge in [0.2, 0.25) is 11.8 Å². The van der Waals surface area contributed by atoms with Crippen LogP contribution in [0.4, 0.5) is 5.95 Å². The van der Waals surface area contributed by atoms with E-state index in [0.29, 0.717) is 4.70 Å².